The number of carbonyl (C=O) groups is 1. The molecular weight excluding hydrogens is 520 g/mol. The van der Waals surface area contributed by atoms with E-state index in [1.165, 1.54) is 34.6 Å². The minimum atomic E-state index is -3.97. The van der Waals surface area contributed by atoms with Crippen molar-refractivity contribution in [2.75, 3.05) is 31.5 Å². The lowest BCUT2D eigenvalue weighted by Crippen LogP contribution is -2.49. The third kappa shape index (κ3) is 5.75. The van der Waals surface area contributed by atoms with Gasteiger partial charge in [-0.2, -0.15) is 4.31 Å². The summed E-state index contributed by atoms with van der Waals surface area (Å²) in [6.07, 6.45) is 0. The van der Waals surface area contributed by atoms with Gasteiger partial charge in [0.15, 0.2) is 0 Å². The van der Waals surface area contributed by atoms with E-state index in [2.05, 4.69) is 34.5 Å². The molecule has 0 spiro atoms. The fourth-order valence-corrected chi connectivity index (χ4v) is 6.26. The van der Waals surface area contributed by atoms with Gasteiger partial charge in [0, 0.05) is 26.2 Å². The molecule has 0 aliphatic carbocycles. The van der Waals surface area contributed by atoms with E-state index in [9.17, 15) is 22.0 Å². The van der Waals surface area contributed by atoms with Gasteiger partial charge in [0.25, 0.3) is 5.91 Å². The molecule has 4 aromatic carbocycles. The van der Waals surface area contributed by atoms with Gasteiger partial charge in [0.2, 0.25) is 10.0 Å². The summed E-state index contributed by atoms with van der Waals surface area (Å²) in [7, 11) is -3.97. The summed E-state index contributed by atoms with van der Waals surface area (Å²) in [5, 5.41) is 2.31. The molecule has 1 fully saturated rings. The Kier molecular flexibility index (Phi) is 7.83. The van der Waals surface area contributed by atoms with Crippen molar-refractivity contribution in [3.63, 3.8) is 0 Å². The van der Waals surface area contributed by atoms with Gasteiger partial charge in [-0.3, -0.25) is 9.69 Å². The van der Waals surface area contributed by atoms with Crippen molar-refractivity contribution >= 4 is 21.6 Å². The number of halogens is 2. The predicted octanol–water partition coefficient (Wildman–Crippen LogP) is 5.31. The Bertz CT molecular complexity index is 1520. The van der Waals surface area contributed by atoms with Gasteiger partial charge in [-0.25, -0.2) is 17.2 Å². The average Bonchev–Trinajstić information content (AvgIpc) is 2.96. The van der Waals surface area contributed by atoms with Crippen molar-refractivity contribution in [3.8, 4) is 0 Å². The van der Waals surface area contributed by atoms with Gasteiger partial charge < -0.3 is 5.32 Å². The molecule has 1 heterocycles. The van der Waals surface area contributed by atoms with Gasteiger partial charge in [-0.15, -0.1) is 0 Å². The van der Waals surface area contributed by atoms with Crippen molar-refractivity contribution in [1.82, 2.24) is 9.21 Å². The first kappa shape index (κ1) is 26.7. The van der Waals surface area contributed by atoms with Gasteiger partial charge >= 0.3 is 0 Å². The van der Waals surface area contributed by atoms with E-state index in [4.69, 9.17) is 0 Å². The number of amides is 1. The summed E-state index contributed by atoms with van der Waals surface area (Å²) >= 11 is 0. The SMILES string of the molecule is O=C(Nc1ccc(S(=O)(=O)N2CCN(C(c3ccccc3)c3ccccc3)CC2)cc1F)c1ccccc1F. The number of anilines is 1. The number of sulfonamides is 1. The van der Waals surface area contributed by atoms with Crippen LogP contribution in [0.2, 0.25) is 0 Å². The fraction of sp³-hybridized carbons (Fsp3) is 0.167. The maximum atomic E-state index is 14.9. The Morgan fingerprint density at radius 1 is 0.718 bits per heavy atom. The van der Waals surface area contributed by atoms with Crippen molar-refractivity contribution in [2.24, 2.45) is 0 Å². The molecule has 6 nitrogen and oxygen atoms in total. The van der Waals surface area contributed by atoms with Crippen LogP contribution < -0.4 is 5.32 Å². The van der Waals surface area contributed by atoms with Crippen LogP contribution in [0.5, 0.6) is 0 Å². The molecule has 1 aliphatic rings. The summed E-state index contributed by atoms with van der Waals surface area (Å²) in [5.74, 6) is -2.49. The smallest absolute Gasteiger partial charge is 0.258 e. The first-order chi connectivity index (χ1) is 18.8. The molecule has 1 saturated heterocycles. The van der Waals surface area contributed by atoms with Crippen LogP contribution in [0.3, 0.4) is 0 Å². The van der Waals surface area contributed by atoms with Gasteiger partial charge in [-0.05, 0) is 41.5 Å². The van der Waals surface area contributed by atoms with Crippen LogP contribution in [0.4, 0.5) is 14.5 Å². The number of piperazine rings is 1. The maximum absolute atomic E-state index is 14.9. The number of benzene rings is 4. The van der Waals surface area contributed by atoms with Crippen LogP contribution in [-0.2, 0) is 10.0 Å². The Balaban J connectivity index is 1.30. The minimum absolute atomic E-state index is 0.0213. The molecule has 200 valence electrons. The molecule has 1 N–H and O–H groups in total. The normalized spacial score (nSPS) is 14.8. The molecule has 0 atom stereocenters. The summed E-state index contributed by atoms with van der Waals surface area (Å²) in [6, 6.07) is 28.8. The second-order valence-electron chi connectivity index (χ2n) is 9.24. The quantitative estimate of drug-likeness (QED) is 0.340. The zero-order chi connectivity index (χ0) is 27.4. The third-order valence-corrected chi connectivity index (χ3v) is 8.71. The number of hydrogen-bond acceptors (Lipinski definition) is 4. The highest BCUT2D eigenvalue weighted by Crippen LogP contribution is 2.31. The van der Waals surface area contributed by atoms with Gasteiger partial charge in [0.05, 0.1) is 22.2 Å². The van der Waals surface area contributed by atoms with Crippen molar-refractivity contribution < 1.29 is 22.0 Å². The number of carbonyl (C=O) groups excluding carboxylic acids is 1. The predicted molar refractivity (Wildman–Crippen MR) is 146 cm³/mol. The van der Waals surface area contributed by atoms with Crippen LogP contribution in [0, 0.1) is 11.6 Å². The zero-order valence-electron chi connectivity index (χ0n) is 21.0. The lowest BCUT2D eigenvalue weighted by Gasteiger charge is -2.39. The van der Waals surface area contributed by atoms with Gasteiger partial charge in [-0.1, -0.05) is 72.8 Å². The van der Waals surface area contributed by atoms with Crippen molar-refractivity contribution in [2.45, 2.75) is 10.9 Å². The Labute approximate surface area is 226 Å². The largest absolute Gasteiger partial charge is 0.319 e. The summed E-state index contributed by atoms with van der Waals surface area (Å²) < 4.78 is 56.8. The van der Waals surface area contributed by atoms with E-state index in [1.54, 1.807) is 0 Å². The lowest BCUT2D eigenvalue weighted by atomic mass is 9.96. The van der Waals surface area contributed by atoms with Crippen LogP contribution in [0.15, 0.2) is 108 Å². The standard InChI is InChI=1S/C30H27F2N3O3S/c31-26-14-8-7-13-25(26)30(36)33-28-16-15-24(21-27(28)32)39(37,38)35-19-17-34(18-20-35)29(22-9-3-1-4-10-22)23-11-5-2-6-12-23/h1-16,21,29H,17-20H2,(H,33,36). The van der Waals surface area contributed by atoms with E-state index < -0.39 is 27.6 Å². The van der Waals surface area contributed by atoms with E-state index >= 15 is 0 Å². The highest BCUT2D eigenvalue weighted by atomic mass is 32.2. The molecule has 9 heteroatoms. The molecule has 0 aromatic heterocycles. The molecule has 1 amide bonds. The molecule has 0 radical (unpaired) electrons. The number of nitrogens with one attached hydrogen (secondary N) is 1. The molecule has 1 aliphatic heterocycles. The molecule has 39 heavy (non-hydrogen) atoms. The van der Waals surface area contributed by atoms with E-state index in [0.717, 1.165) is 23.3 Å². The Morgan fingerprint density at radius 3 is 1.85 bits per heavy atom. The van der Waals surface area contributed by atoms with Crippen LogP contribution in [0.1, 0.15) is 27.5 Å². The highest BCUT2D eigenvalue weighted by molar-refractivity contribution is 7.89. The summed E-state index contributed by atoms with van der Waals surface area (Å²) in [4.78, 5) is 14.4. The second kappa shape index (κ2) is 11.4. The molecule has 0 unspecified atom stereocenters. The molecule has 4 aromatic rings. The summed E-state index contributed by atoms with van der Waals surface area (Å²) in [5.41, 5.74) is 1.77. The zero-order valence-corrected chi connectivity index (χ0v) is 21.8. The van der Waals surface area contributed by atoms with E-state index in [1.807, 2.05) is 36.4 Å². The minimum Gasteiger partial charge on any atom is -0.319 e. The molecule has 5 rings (SSSR count). The van der Waals surface area contributed by atoms with Gasteiger partial charge in [0.1, 0.15) is 11.6 Å². The van der Waals surface area contributed by atoms with E-state index in [-0.39, 0.29) is 35.3 Å². The van der Waals surface area contributed by atoms with Crippen LogP contribution >= 0.6 is 0 Å². The summed E-state index contributed by atoms with van der Waals surface area (Å²) in [6.45, 7) is 1.47. The van der Waals surface area contributed by atoms with Crippen molar-refractivity contribution in [3.05, 3.63) is 131 Å². The topological polar surface area (TPSA) is 69.7 Å². The number of rotatable bonds is 7. The monoisotopic (exact) mass is 547 g/mol. The number of hydrogen-bond donors (Lipinski definition) is 1. The highest BCUT2D eigenvalue weighted by Gasteiger charge is 2.32. The average molecular weight is 548 g/mol. The third-order valence-electron chi connectivity index (χ3n) is 6.81. The van der Waals surface area contributed by atoms with Crippen LogP contribution in [0.25, 0.3) is 0 Å². The molecule has 0 bridgehead atoms. The van der Waals surface area contributed by atoms with E-state index in [0.29, 0.717) is 13.1 Å². The van der Waals surface area contributed by atoms with Crippen LogP contribution in [-0.4, -0.2) is 49.7 Å². The lowest BCUT2D eigenvalue weighted by molar-refractivity contribution is 0.102. The molecule has 0 saturated carbocycles. The first-order valence-electron chi connectivity index (χ1n) is 12.5. The number of nitrogens with zero attached hydrogens (tertiary/aromatic N) is 2. The van der Waals surface area contributed by atoms with Crippen molar-refractivity contribution in [1.29, 1.82) is 0 Å². The second-order valence-corrected chi connectivity index (χ2v) is 11.2. The maximum Gasteiger partial charge on any atom is 0.258 e. The Hall–Kier alpha value is -3.92. The Morgan fingerprint density at radius 2 is 1.28 bits per heavy atom. The molecular formula is C30H27F2N3O3S. The fourth-order valence-electron chi connectivity index (χ4n) is 4.83. The first-order valence-corrected chi connectivity index (χ1v) is 14.0.